The maximum atomic E-state index is 12.7. The van der Waals surface area contributed by atoms with Gasteiger partial charge in [-0.2, -0.15) is 5.10 Å². The van der Waals surface area contributed by atoms with Crippen molar-refractivity contribution in [2.24, 2.45) is 18.6 Å². The van der Waals surface area contributed by atoms with Crippen molar-refractivity contribution >= 4 is 23.2 Å². The summed E-state index contributed by atoms with van der Waals surface area (Å²) >= 11 is 0. The Bertz CT molecular complexity index is 1140. The number of anilines is 2. The largest absolute Gasteiger partial charge is 0.397 e. The number of aryl methyl sites for hydroxylation is 2. The van der Waals surface area contributed by atoms with Crippen molar-refractivity contribution in [2.75, 3.05) is 10.3 Å². The van der Waals surface area contributed by atoms with E-state index in [-0.39, 0.29) is 17.2 Å². The van der Waals surface area contributed by atoms with Crippen LogP contribution >= 0.6 is 0 Å². The van der Waals surface area contributed by atoms with Crippen LogP contribution < -0.4 is 21.9 Å². The zero-order valence-corrected chi connectivity index (χ0v) is 18.6. The Labute approximate surface area is 180 Å². The molecule has 0 radical (unpaired) electrons. The monoisotopic (exact) mass is 424 g/mol. The van der Waals surface area contributed by atoms with Crippen molar-refractivity contribution in [3.8, 4) is 0 Å². The smallest absolute Gasteiger partial charge is 0.259 e. The summed E-state index contributed by atoms with van der Waals surface area (Å²) in [7, 11) is 1.83. The van der Waals surface area contributed by atoms with Crippen LogP contribution in [-0.2, 0) is 12.5 Å². The molecule has 10 nitrogen and oxygen atoms in total. The number of nitrogens with zero attached hydrogens (tertiary/aromatic N) is 5. The van der Waals surface area contributed by atoms with E-state index < -0.39 is 0 Å². The first-order valence-electron chi connectivity index (χ1n) is 9.72. The summed E-state index contributed by atoms with van der Waals surface area (Å²) in [4.78, 5) is 17.0. The van der Waals surface area contributed by atoms with Gasteiger partial charge in [0.15, 0.2) is 0 Å². The number of rotatable bonds is 5. The molecule has 164 valence electrons. The maximum absolute atomic E-state index is 12.7. The van der Waals surface area contributed by atoms with Crippen molar-refractivity contribution < 1.29 is 9.32 Å². The molecule has 1 amide bonds. The third-order valence-corrected chi connectivity index (χ3v) is 4.94. The average molecular weight is 425 g/mol. The van der Waals surface area contributed by atoms with E-state index in [2.05, 4.69) is 20.6 Å². The summed E-state index contributed by atoms with van der Waals surface area (Å²) in [6.45, 7) is 9.73. The number of carbonyl (C=O) groups excluding carboxylic acids is 1. The molecule has 0 atom stereocenters. The highest BCUT2D eigenvalue weighted by Crippen LogP contribution is 2.25. The van der Waals surface area contributed by atoms with Gasteiger partial charge >= 0.3 is 0 Å². The van der Waals surface area contributed by atoms with E-state index in [1.807, 2.05) is 34.7 Å². The predicted molar refractivity (Wildman–Crippen MR) is 119 cm³/mol. The van der Waals surface area contributed by atoms with Gasteiger partial charge in [0.25, 0.3) is 5.91 Å². The topological polar surface area (TPSA) is 141 Å². The highest BCUT2D eigenvalue weighted by molar-refractivity contribution is 6.04. The third kappa shape index (κ3) is 4.75. The molecule has 0 bridgehead atoms. The second kappa shape index (κ2) is 8.23. The number of carbonyl (C=O) groups is 1. The lowest BCUT2D eigenvalue weighted by Crippen LogP contribution is -2.27. The van der Waals surface area contributed by atoms with E-state index in [9.17, 15) is 4.79 Å². The molecule has 3 heterocycles. The molecule has 0 aliphatic carbocycles. The first-order chi connectivity index (χ1) is 14.5. The van der Waals surface area contributed by atoms with Crippen LogP contribution in [-0.4, -0.2) is 25.8 Å². The number of hydrogen-bond acceptors (Lipinski definition) is 8. The first kappa shape index (κ1) is 22.0. The Morgan fingerprint density at radius 1 is 1.26 bits per heavy atom. The summed E-state index contributed by atoms with van der Waals surface area (Å²) < 4.78 is 6.95. The van der Waals surface area contributed by atoms with Gasteiger partial charge < -0.3 is 10.3 Å². The molecular formula is C21H28N8O2. The van der Waals surface area contributed by atoms with E-state index >= 15 is 0 Å². The highest BCUT2D eigenvalue weighted by Gasteiger charge is 2.20. The van der Waals surface area contributed by atoms with Crippen LogP contribution in [0.15, 0.2) is 35.2 Å². The van der Waals surface area contributed by atoms with Crippen molar-refractivity contribution in [3.63, 3.8) is 0 Å². The summed E-state index contributed by atoms with van der Waals surface area (Å²) in [5.74, 6) is 6.09. The third-order valence-electron chi connectivity index (χ3n) is 4.94. The van der Waals surface area contributed by atoms with Crippen molar-refractivity contribution in [1.29, 1.82) is 0 Å². The molecule has 0 saturated heterocycles. The van der Waals surface area contributed by atoms with Crippen LogP contribution in [0.25, 0.3) is 5.70 Å². The van der Waals surface area contributed by atoms with Crippen molar-refractivity contribution in [1.82, 2.24) is 19.9 Å². The number of hydrogen-bond donors (Lipinski definition) is 3. The van der Waals surface area contributed by atoms with Gasteiger partial charge in [-0.3, -0.25) is 24.8 Å². The van der Waals surface area contributed by atoms with E-state index in [1.165, 1.54) is 11.2 Å². The number of nitrogens with two attached hydrogens (primary N) is 2. The molecule has 10 heteroatoms. The molecule has 31 heavy (non-hydrogen) atoms. The summed E-state index contributed by atoms with van der Waals surface area (Å²) in [6, 6.07) is 3.34. The van der Waals surface area contributed by atoms with Gasteiger partial charge in [0.1, 0.15) is 0 Å². The quantitative estimate of drug-likeness (QED) is 0.419. The van der Waals surface area contributed by atoms with Gasteiger partial charge in [-0.05, 0) is 19.9 Å². The SMILES string of the molecule is Cc1ncc(C(=O)Nc2cc(C(C)(C)C)no2)cc1N(N)/C=C(\N)c1cnn(C)c1C. The molecule has 0 spiro atoms. The highest BCUT2D eigenvalue weighted by atomic mass is 16.5. The Balaban J connectivity index is 1.82. The van der Waals surface area contributed by atoms with Gasteiger partial charge in [-0.15, -0.1) is 0 Å². The van der Waals surface area contributed by atoms with Crippen molar-refractivity contribution in [2.45, 2.75) is 40.0 Å². The molecular weight excluding hydrogens is 396 g/mol. The fourth-order valence-electron chi connectivity index (χ4n) is 2.85. The summed E-state index contributed by atoms with van der Waals surface area (Å²) in [5.41, 5.74) is 10.4. The Hall–Kier alpha value is -3.66. The molecule has 3 rings (SSSR count). The van der Waals surface area contributed by atoms with Gasteiger partial charge in [0.05, 0.1) is 34.5 Å². The van der Waals surface area contributed by atoms with E-state index in [1.54, 1.807) is 36.1 Å². The van der Waals surface area contributed by atoms with Gasteiger partial charge in [0.2, 0.25) is 5.88 Å². The Morgan fingerprint density at radius 2 is 1.97 bits per heavy atom. The average Bonchev–Trinajstić information content (AvgIpc) is 3.29. The van der Waals surface area contributed by atoms with Gasteiger partial charge in [-0.1, -0.05) is 25.9 Å². The first-order valence-corrected chi connectivity index (χ1v) is 9.72. The summed E-state index contributed by atoms with van der Waals surface area (Å²) in [6.07, 6.45) is 4.72. The molecule has 3 aromatic heterocycles. The molecule has 0 unspecified atom stereocenters. The zero-order chi connectivity index (χ0) is 22.9. The lowest BCUT2D eigenvalue weighted by Gasteiger charge is -2.18. The predicted octanol–water partition coefficient (Wildman–Crippen LogP) is 2.61. The van der Waals surface area contributed by atoms with Gasteiger partial charge in [-0.25, -0.2) is 5.84 Å². The molecule has 3 aromatic rings. The lowest BCUT2D eigenvalue weighted by atomic mass is 9.92. The fraction of sp³-hybridized carbons (Fsp3) is 0.333. The molecule has 0 fully saturated rings. The minimum atomic E-state index is -0.390. The standard InChI is InChI=1S/C21H28N8O2/c1-12-17(29(23)11-16(22)15-10-25-28(6)13(15)2)7-14(9-24-12)20(30)26-19-8-18(27-31-19)21(3,4)5/h7-11H,22-23H2,1-6H3,(H,26,30)/b16-11-. The Kier molecular flexibility index (Phi) is 5.85. The van der Waals surface area contributed by atoms with Crippen molar-refractivity contribution in [3.05, 3.63) is 58.9 Å². The number of pyridine rings is 1. The summed E-state index contributed by atoms with van der Waals surface area (Å²) in [5, 5.41) is 12.2. The molecule has 5 N–H and O–H groups in total. The molecule has 0 aliphatic rings. The minimum Gasteiger partial charge on any atom is -0.397 e. The zero-order valence-electron chi connectivity index (χ0n) is 18.6. The minimum absolute atomic E-state index is 0.190. The second-order valence-corrected chi connectivity index (χ2v) is 8.37. The fourth-order valence-corrected chi connectivity index (χ4v) is 2.85. The normalized spacial score (nSPS) is 12.2. The van der Waals surface area contributed by atoms with Crippen LogP contribution in [0, 0.1) is 13.8 Å². The number of nitrogens with one attached hydrogen (secondary N) is 1. The van der Waals surface area contributed by atoms with Crippen LogP contribution in [0.5, 0.6) is 0 Å². The molecule has 0 saturated carbocycles. The number of hydrazine groups is 1. The number of aromatic nitrogens is 4. The van der Waals surface area contributed by atoms with E-state index in [0.29, 0.717) is 22.6 Å². The Morgan fingerprint density at radius 3 is 2.55 bits per heavy atom. The lowest BCUT2D eigenvalue weighted by molar-refractivity contribution is 0.102. The van der Waals surface area contributed by atoms with Crippen LogP contribution in [0.4, 0.5) is 11.6 Å². The van der Waals surface area contributed by atoms with Gasteiger partial charge in [0, 0.05) is 42.2 Å². The van der Waals surface area contributed by atoms with Crippen LogP contribution in [0.1, 0.15) is 53.8 Å². The van der Waals surface area contributed by atoms with Crippen LogP contribution in [0.2, 0.25) is 0 Å². The van der Waals surface area contributed by atoms with E-state index in [0.717, 1.165) is 17.0 Å². The number of amides is 1. The maximum Gasteiger partial charge on any atom is 0.259 e. The van der Waals surface area contributed by atoms with E-state index in [4.69, 9.17) is 16.1 Å². The molecule has 0 aliphatic heterocycles. The molecule has 0 aromatic carbocycles. The second-order valence-electron chi connectivity index (χ2n) is 8.37. The van der Waals surface area contributed by atoms with Crippen LogP contribution in [0.3, 0.4) is 0 Å².